The lowest BCUT2D eigenvalue weighted by molar-refractivity contribution is -0.0498. The molecule has 24 heavy (non-hydrogen) atoms. The van der Waals surface area contributed by atoms with Crippen LogP contribution in [0.2, 0.25) is 0 Å². The van der Waals surface area contributed by atoms with E-state index in [0.717, 1.165) is 5.56 Å². The quantitative estimate of drug-likeness (QED) is 0.869. The van der Waals surface area contributed by atoms with E-state index in [-0.39, 0.29) is 11.3 Å². The van der Waals surface area contributed by atoms with Gasteiger partial charge in [0, 0.05) is 17.3 Å². The zero-order valence-electron chi connectivity index (χ0n) is 13.4. The number of aryl methyl sites for hydroxylation is 1. The van der Waals surface area contributed by atoms with Crippen molar-refractivity contribution >= 4 is 11.6 Å². The zero-order chi connectivity index (χ0) is 17.7. The van der Waals surface area contributed by atoms with E-state index in [4.69, 9.17) is 9.47 Å². The summed E-state index contributed by atoms with van der Waals surface area (Å²) in [4.78, 5) is 12.3. The number of nitrogens with one attached hydrogen (secondary N) is 1. The van der Waals surface area contributed by atoms with Crippen molar-refractivity contribution in [2.45, 2.75) is 13.5 Å². The van der Waals surface area contributed by atoms with Gasteiger partial charge in [-0.25, -0.2) is 0 Å². The Hall–Kier alpha value is -2.83. The number of anilines is 1. The van der Waals surface area contributed by atoms with Gasteiger partial charge in [0.2, 0.25) is 0 Å². The second-order valence-electron chi connectivity index (χ2n) is 4.88. The molecule has 1 N–H and O–H groups in total. The van der Waals surface area contributed by atoms with Crippen LogP contribution in [0.4, 0.5) is 14.5 Å². The van der Waals surface area contributed by atoms with E-state index in [1.54, 1.807) is 19.1 Å². The molecule has 0 fully saturated rings. The van der Waals surface area contributed by atoms with Gasteiger partial charge in [0.1, 0.15) is 5.75 Å². The molecule has 0 aliphatic heterocycles. The highest BCUT2D eigenvalue weighted by Crippen LogP contribution is 2.33. The first-order valence-electron chi connectivity index (χ1n) is 7.03. The maximum absolute atomic E-state index is 12.3. The largest absolute Gasteiger partial charge is 0.493 e. The summed E-state index contributed by atoms with van der Waals surface area (Å²) < 4.78 is 39.2. The van der Waals surface area contributed by atoms with E-state index in [1.165, 1.54) is 38.5 Å². The molecule has 0 atom stereocenters. The topological polar surface area (TPSA) is 56.8 Å². The van der Waals surface area contributed by atoms with Crippen molar-refractivity contribution in [3.05, 3.63) is 47.5 Å². The van der Waals surface area contributed by atoms with Crippen LogP contribution in [0.5, 0.6) is 17.2 Å². The Bertz CT molecular complexity index is 735. The predicted molar refractivity (Wildman–Crippen MR) is 85.3 cm³/mol. The molecule has 2 rings (SSSR count). The second kappa shape index (κ2) is 7.63. The van der Waals surface area contributed by atoms with Gasteiger partial charge in [0.15, 0.2) is 11.5 Å². The van der Waals surface area contributed by atoms with Gasteiger partial charge in [-0.15, -0.1) is 0 Å². The van der Waals surface area contributed by atoms with Crippen molar-refractivity contribution in [2.24, 2.45) is 0 Å². The van der Waals surface area contributed by atoms with Crippen LogP contribution in [-0.4, -0.2) is 26.7 Å². The molecule has 1 amide bonds. The minimum Gasteiger partial charge on any atom is -0.493 e. The minimum atomic E-state index is -2.95. The van der Waals surface area contributed by atoms with Crippen molar-refractivity contribution in [1.29, 1.82) is 0 Å². The molecule has 0 saturated carbocycles. The maximum Gasteiger partial charge on any atom is 0.387 e. The van der Waals surface area contributed by atoms with Crippen LogP contribution in [0.25, 0.3) is 0 Å². The fourth-order valence-electron chi connectivity index (χ4n) is 2.12. The molecule has 128 valence electrons. The molecule has 0 aromatic heterocycles. The Morgan fingerprint density at radius 3 is 2.38 bits per heavy atom. The van der Waals surface area contributed by atoms with E-state index in [9.17, 15) is 13.6 Å². The number of benzene rings is 2. The van der Waals surface area contributed by atoms with Crippen LogP contribution in [0.3, 0.4) is 0 Å². The summed E-state index contributed by atoms with van der Waals surface area (Å²) in [6.07, 6.45) is 0. The summed E-state index contributed by atoms with van der Waals surface area (Å²) in [5.41, 5.74) is 1.49. The number of ether oxygens (including phenoxy) is 3. The predicted octanol–water partition coefficient (Wildman–Crippen LogP) is 3.87. The van der Waals surface area contributed by atoms with Gasteiger partial charge in [0.25, 0.3) is 5.91 Å². The van der Waals surface area contributed by atoms with Crippen molar-refractivity contribution in [1.82, 2.24) is 0 Å². The lowest BCUT2D eigenvalue weighted by Gasteiger charge is -2.14. The van der Waals surface area contributed by atoms with Crippen LogP contribution < -0.4 is 19.5 Å². The summed E-state index contributed by atoms with van der Waals surface area (Å²) in [5.74, 6) is 0.472. The Morgan fingerprint density at radius 1 is 1.08 bits per heavy atom. The summed E-state index contributed by atoms with van der Waals surface area (Å²) in [7, 11) is 3.01. The fraction of sp³-hybridized carbons (Fsp3) is 0.235. The van der Waals surface area contributed by atoms with Crippen molar-refractivity contribution in [2.75, 3.05) is 19.5 Å². The molecule has 0 radical (unpaired) electrons. The molecule has 0 heterocycles. The van der Waals surface area contributed by atoms with Gasteiger partial charge in [-0.3, -0.25) is 4.79 Å². The Labute approximate surface area is 138 Å². The highest BCUT2D eigenvalue weighted by Gasteiger charge is 2.13. The molecule has 0 bridgehead atoms. The number of carbonyl (C=O) groups excluding carboxylic acids is 1. The molecule has 2 aromatic carbocycles. The van der Waals surface area contributed by atoms with Crippen molar-refractivity contribution in [3.8, 4) is 17.2 Å². The first kappa shape index (κ1) is 17.5. The van der Waals surface area contributed by atoms with E-state index >= 15 is 0 Å². The van der Waals surface area contributed by atoms with Gasteiger partial charge in [-0.2, -0.15) is 8.78 Å². The van der Waals surface area contributed by atoms with Crippen LogP contribution in [0, 0.1) is 6.92 Å². The van der Waals surface area contributed by atoms with Gasteiger partial charge < -0.3 is 19.5 Å². The molecular formula is C17H17F2NO4. The number of hydrogen-bond acceptors (Lipinski definition) is 4. The van der Waals surface area contributed by atoms with Gasteiger partial charge in [-0.1, -0.05) is 6.07 Å². The van der Waals surface area contributed by atoms with Crippen LogP contribution in [0.15, 0.2) is 36.4 Å². The molecule has 0 aliphatic carbocycles. The summed E-state index contributed by atoms with van der Waals surface area (Å²) >= 11 is 0. The lowest BCUT2D eigenvalue weighted by atomic mass is 10.1. The number of rotatable bonds is 6. The minimum absolute atomic E-state index is 0.0818. The van der Waals surface area contributed by atoms with E-state index < -0.39 is 12.5 Å². The number of methoxy groups -OCH3 is 2. The molecule has 0 saturated heterocycles. The molecule has 0 aliphatic rings. The molecule has 0 unspecified atom stereocenters. The summed E-state index contributed by atoms with van der Waals surface area (Å²) in [5, 5.41) is 2.72. The second-order valence-corrected chi connectivity index (χ2v) is 4.88. The van der Waals surface area contributed by atoms with E-state index in [1.807, 2.05) is 0 Å². The van der Waals surface area contributed by atoms with Gasteiger partial charge in [0.05, 0.1) is 14.2 Å². The Balaban J connectivity index is 2.23. The van der Waals surface area contributed by atoms with Crippen molar-refractivity contribution in [3.63, 3.8) is 0 Å². The third kappa shape index (κ3) is 4.13. The smallest absolute Gasteiger partial charge is 0.387 e. The number of carbonyl (C=O) groups is 1. The molecule has 2 aromatic rings. The summed E-state index contributed by atoms with van der Waals surface area (Å²) in [6, 6.07) is 8.93. The van der Waals surface area contributed by atoms with Gasteiger partial charge >= 0.3 is 6.61 Å². The number of alkyl halides is 2. The van der Waals surface area contributed by atoms with Crippen LogP contribution in [-0.2, 0) is 0 Å². The van der Waals surface area contributed by atoms with Crippen LogP contribution in [0.1, 0.15) is 15.9 Å². The molecular weight excluding hydrogens is 320 g/mol. The number of hydrogen-bond donors (Lipinski definition) is 1. The highest BCUT2D eigenvalue weighted by molar-refractivity contribution is 6.05. The first-order valence-corrected chi connectivity index (χ1v) is 7.03. The normalized spacial score (nSPS) is 10.4. The lowest BCUT2D eigenvalue weighted by Crippen LogP contribution is -2.13. The van der Waals surface area contributed by atoms with E-state index in [2.05, 4.69) is 10.1 Å². The third-order valence-electron chi connectivity index (χ3n) is 3.30. The number of halogens is 2. The number of amides is 1. The third-order valence-corrected chi connectivity index (χ3v) is 3.30. The standard InChI is InChI=1S/C17H17F2NO4/c1-10-7-14(22-2)15(23-3)9-13(10)20-16(21)11-5-4-6-12(8-11)24-17(18)19/h4-9,17H,1-3H3,(H,20,21). The molecule has 5 nitrogen and oxygen atoms in total. The average Bonchev–Trinajstić information content (AvgIpc) is 2.55. The average molecular weight is 337 g/mol. The van der Waals surface area contributed by atoms with Crippen molar-refractivity contribution < 1.29 is 27.8 Å². The molecule has 0 spiro atoms. The molecule has 7 heteroatoms. The fourth-order valence-corrected chi connectivity index (χ4v) is 2.12. The SMILES string of the molecule is COc1cc(C)c(NC(=O)c2cccc(OC(F)F)c2)cc1OC. The summed E-state index contributed by atoms with van der Waals surface area (Å²) in [6.45, 7) is -1.15. The van der Waals surface area contributed by atoms with Gasteiger partial charge in [-0.05, 0) is 36.8 Å². The Morgan fingerprint density at radius 2 is 1.75 bits per heavy atom. The van der Waals surface area contributed by atoms with E-state index in [0.29, 0.717) is 17.2 Å². The first-order chi connectivity index (χ1) is 11.4. The zero-order valence-corrected chi connectivity index (χ0v) is 13.4. The monoisotopic (exact) mass is 337 g/mol. The maximum atomic E-state index is 12.3. The Kier molecular flexibility index (Phi) is 5.57. The van der Waals surface area contributed by atoms with Crippen LogP contribution >= 0.6 is 0 Å². The highest BCUT2D eigenvalue weighted by atomic mass is 19.3.